The van der Waals surface area contributed by atoms with Crippen LogP contribution in [0.5, 0.6) is 0 Å². The Bertz CT molecular complexity index is 1490. The van der Waals surface area contributed by atoms with E-state index in [1.165, 1.54) is 0 Å². The maximum Gasteiger partial charge on any atom is 0.224 e. The van der Waals surface area contributed by atoms with Gasteiger partial charge in [-0.25, -0.2) is 0 Å². The Hall–Kier alpha value is -5.24. The second-order valence-electron chi connectivity index (χ2n) is 11.9. The first kappa shape index (κ1) is 35.6. The van der Waals surface area contributed by atoms with Crippen LogP contribution >= 0.6 is 0 Å². The summed E-state index contributed by atoms with van der Waals surface area (Å²) < 4.78 is 0. The molecule has 4 amide bonds. The molecule has 0 fully saturated rings. The Kier molecular flexibility index (Phi) is 14.9. The summed E-state index contributed by atoms with van der Waals surface area (Å²) in [6.45, 7) is 0. The molecule has 0 aliphatic rings. The van der Waals surface area contributed by atoms with Gasteiger partial charge in [0.15, 0.2) is 0 Å². The standard InChI is InChI=1S/C40H46N4O4/c45-37(41-33-19-13-21-35(29-33)43-39(47)27-25-31-15-7-5-8-16-31)23-11-3-1-2-4-12-24-38(46)42-34-20-14-22-36(30-34)44-40(48)28-26-32-17-9-6-10-18-32/h5-10,13-22,29-30H,1-4,11-12,23-28H2,(H,41,45)(H,42,46)(H,43,47)(H,44,48). The number of nitrogens with one attached hydrogen (secondary N) is 4. The highest BCUT2D eigenvalue weighted by Crippen LogP contribution is 2.18. The van der Waals surface area contributed by atoms with Crippen molar-refractivity contribution in [2.75, 3.05) is 21.3 Å². The maximum atomic E-state index is 12.5. The van der Waals surface area contributed by atoms with Crippen molar-refractivity contribution >= 4 is 46.4 Å². The Morgan fingerprint density at radius 1 is 0.354 bits per heavy atom. The number of carbonyl (C=O) groups excluding carboxylic acids is 4. The molecule has 4 N–H and O–H groups in total. The lowest BCUT2D eigenvalue weighted by Crippen LogP contribution is -2.14. The van der Waals surface area contributed by atoms with Crippen molar-refractivity contribution in [1.82, 2.24) is 0 Å². The summed E-state index contributed by atoms with van der Waals surface area (Å²) in [6.07, 6.45) is 8.48. The average molecular weight is 647 g/mol. The third-order valence-corrected chi connectivity index (χ3v) is 7.88. The van der Waals surface area contributed by atoms with Crippen molar-refractivity contribution in [2.45, 2.75) is 77.0 Å². The summed E-state index contributed by atoms with van der Waals surface area (Å²) in [6, 6.07) is 34.2. The molecule has 0 aliphatic carbocycles. The topological polar surface area (TPSA) is 116 Å². The number of carbonyl (C=O) groups is 4. The Morgan fingerprint density at radius 2 is 0.667 bits per heavy atom. The van der Waals surface area contributed by atoms with Crippen LogP contribution in [0.2, 0.25) is 0 Å². The lowest BCUT2D eigenvalue weighted by atomic mass is 10.1. The number of amides is 4. The van der Waals surface area contributed by atoms with Gasteiger partial charge in [-0.3, -0.25) is 19.2 Å². The van der Waals surface area contributed by atoms with E-state index in [-0.39, 0.29) is 23.6 Å². The average Bonchev–Trinajstić information content (AvgIpc) is 3.09. The number of aryl methyl sites for hydroxylation is 2. The molecule has 0 heterocycles. The molecule has 0 aliphatic heterocycles. The number of hydrogen-bond acceptors (Lipinski definition) is 4. The number of anilines is 4. The van der Waals surface area contributed by atoms with Crippen LogP contribution in [0.3, 0.4) is 0 Å². The fourth-order valence-corrected chi connectivity index (χ4v) is 5.33. The first-order chi connectivity index (χ1) is 23.4. The third-order valence-electron chi connectivity index (χ3n) is 7.88. The van der Waals surface area contributed by atoms with Crippen molar-refractivity contribution < 1.29 is 19.2 Å². The van der Waals surface area contributed by atoms with Crippen LogP contribution in [0.25, 0.3) is 0 Å². The SMILES string of the molecule is O=C(CCCCCCCCC(=O)Nc1cccc(NC(=O)CCc2ccccc2)c1)Nc1cccc(NC(=O)CCc2ccccc2)c1. The van der Waals surface area contributed by atoms with Crippen LogP contribution in [0, 0.1) is 0 Å². The predicted molar refractivity (Wildman–Crippen MR) is 194 cm³/mol. The van der Waals surface area contributed by atoms with Crippen molar-refractivity contribution in [3.05, 3.63) is 120 Å². The normalized spacial score (nSPS) is 10.6. The summed E-state index contributed by atoms with van der Waals surface area (Å²) in [7, 11) is 0. The highest BCUT2D eigenvalue weighted by molar-refractivity contribution is 5.95. The molecule has 0 radical (unpaired) electrons. The molecule has 48 heavy (non-hydrogen) atoms. The quantitative estimate of drug-likeness (QED) is 0.0764. The van der Waals surface area contributed by atoms with Crippen molar-refractivity contribution in [3.8, 4) is 0 Å². The molecule has 0 spiro atoms. The molecule has 0 aromatic heterocycles. The summed E-state index contributed by atoms with van der Waals surface area (Å²) in [5, 5.41) is 11.7. The van der Waals surface area contributed by atoms with Gasteiger partial charge < -0.3 is 21.3 Å². The van der Waals surface area contributed by atoms with Crippen LogP contribution in [-0.4, -0.2) is 23.6 Å². The molecule has 0 saturated heterocycles. The van der Waals surface area contributed by atoms with Gasteiger partial charge in [-0.1, -0.05) is 98.5 Å². The second kappa shape index (κ2) is 20.1. The van der Waals surface area contributed by atoms with Crippen LogP contribution in [0.15, 0.2) is 109 Å². The van der Waals surface area contributed by atoms with Gasteiger partial charge in [0, 0.05) is 48.4 Å². The van der Waals surface area contributed by atoms with E-state index in [9.17, 15) is 19.2 Å². The second-order valence-corrected chi connectivity index (χ2v) is 11.9. The molecular formula is C40H46N4O4. The van der Waals surface area contributed by atoms with E-state index >= 15 is 0 Å². The van der Waals surface area contributed by atoms with Gasteiger partial charge in [0.05, 0.1) is 0 Å². The summed E-state index contributed by atoms with van der Waals surface area (Å²) in [4.78, 5) is 49.6. The van der Waals surface area contributed by atoms with Crippen LogP contribution in [0.4, 0.5) is 22.7 Å². The Balaban J connectivity index is 1.02. The summed E-state index contributed by atoms with van der Waals surface area (Å²) in [5.41, 5.74) is 4.88. The molecule has 8 nitrogen and oxygen atoms in total. The van der Waals surface area contributed by atoms with E-state index in [0.717, 1.165) is 49.7 Å². The van der Waals surface area contributed by atoms with E-state index < -0.39 is 0 Å². The predicted octanol–water partition coefficient (Wildman–Crippen LogP) is 8.53. The fourth-order valence-electron chi connectivity index (χ4n) is 5.33. The van der Waals surface area contributed by atoms with E-state index in [0.29, 0.717) is 61.3 Å². The van der Waals surface area contributed by atoms with E-state index in [1.54, 1.807) is 12.1 Å². The minimum Gasteiger partial charge on any atom is -0.326 e. The highest BCUT2D eigenvalue weighted by Gasteiger charge is 2.08. The molecule has 0 atom stereocenters. The molecule has 8 heteroatoms. The van der Waals surface area contributed by atoms with Gasteiger partial charge in [0.1, 0.15) is 0 Å². The molecule has 250 valence electrons. The molecular weight excluding hydrogens is 600 g/mol. The van der Waals surface area contributed by atoms with Crippen LogP contribution in [-0.2, 0) is 32.0 Å². The van der Waals surface area contributed by atoms with Gasteiger partial charge in [-0.2, -0.15) is 0 Å². The van der Waals surface area contributed by atoms with Crippen molar-refractivity contribution in [3.63, 3.8) is 0 Å². The van der Waals surface area contributed by atoms with Crippen molar-refractivity contribution in [2.24, 2.45) is 0 Å². The lowest BCUT2D eigenvalue weighted by molar-refractivity contribution is -0.117. The largest absolute Gasteiger partial charge is 0.326 e. The van der Waals surface area contributed by atoms with Gasteiger partial charge in [0.2, 0.25) is 23.6 Å². The Morgan fingerprint density at radius 3 is 1.02 bits per heavy atom. The van der Waals surface area contributed by atoms with Crippen LogP contribution in [0.1, 0.15) is 75.3 Å². The van der Waals surface area contributed by atoms with Crippen LogP contribution < -0.4 is 21.3 Å². The number of benzene rings is 4. The van der Waals surface area contributed by atoms with Gasteiger partial charge in [-0.05, 0) is 73.2 Å². The summed E-state index contributed by atoms with van der Waals surface area (Å²) >= 11 is 0. The van der Waals surface area contributed by atoms with E-state index in [4.69, 9.17) is 0 Å². The van der Waals surface area contributed by atoms with E-state index in [1.807, 2.05) is 97.1 Å². The van der Waals surface area contributed by atoms with E-state index in [2.05, 4.69) is 21.3 Å². The minimum atomic E-state index is -0.0646. The number of hydrogen-bond donors (Lipinski definition) is 4. The molecule has 0 bridgehead atoms. The maximum absolute atomic E-state index is 12.5. The number of unbranched alkanes of at least 4 members (excludes halogenated alkanes) is 5. The van der Waals surface area contributed by atoms with Gasteiger partial charge >= 0.3 is 0 Å². The zero-order valence-corrected chi connectivity index (χ0v) is 27.5. The third kappa shape index (κ3) is 14.0. The fraction of sp³-hybridized carbons (Fsp3) is 0.300. The molecule has 4 rings (SSSR count). The van der Waals surface area contributed by atoms with Crippen molar-refractivity contribution in [1.29, 1.82) is 0 Å². The number of rotatable bonds is 19. The first-order valence-electron chi connectivity index (χ1n) is 16.9. The summed E-state index contributed by atoms with van der Waals surface area (Å²) in [5.74, 6) is -0.222. The first-order valence-corrected chi connectivity index (χ1v) is 16.9. The smallest absolute Gasteiger partial charge is 0.224 e. The highest BCUT2D eigenvalue weighted by atomic mass is 16.2. The molecule has 4 aromatic rings. The monoisotopic (exact) mass is 646 g/mol. The molecule has 4 aromatic carbocycles. The van der Waals surface area contributed by atoms with Gasteiger partial charge in [0.25, 0.3) is 0 Å². The zero-order chi connectivity index (χ0) is 33.8. The van der Waals surface area contributed by atoms with Gasteiger partial charge in [-0.15, -0.1) is 0 Å². The molecule has 0 saturated carbocycles. The Labute approximate surface area is 283 Å². The zero-order valence-electron chi connectivity index (χ0n) is 27.5. The minimum absolute atomic E-state index is 0.0463. The molecule has 0 unspecified atom stereocenters. The lowest BCUT2D eigenvalue weighted by Gasteiger charge is -2.09.